The Labute approximate surface area is 168 Å². The second-order valence-corrected chi connectivity index (χ2v) is 7.09. The molecule has 0 aliphatic carbocycles. The van der Waals surface area contributed by atoms with Crippen LogP contribution in [0.1, 0.15) is 18.1 Å². The van der Waals surface area contributed by atoms with Crippen LogP contribution in [0.2, 0.25) is 5.02 Å². The monoisotopic (exact) mass is 435 g/mol. The highest BCUT2D eigenvalue weighted by molar-refractivity contribution is 9.10. The number of halogens is 2. The van der Waals surface area contributed by atoms with E-state index in [0.717, 1.165) is 39.3 Å². The fourth-order valence-electron chi connectivity index (χ4n) is 2.29. The standard InChI is InChI=1S/C20H23BrClN3O/c1-5-25(4)13-24-18-10-14(2)15(11-17(18)22)19(23-3)12-26-20-9-7-6-8-16(20)21/h6-11,13H,5,12H2,1-4H3/b23-19+,24-13-. The molecule has 0 aliphatic heterocycles. The summed E-state index contributed by atoms with van der Waals surface area (Å²) in [5, 5.41) is 0.591. The Hall–Kier alpha value is -1.85. The quantitative estimate of drug-likeness (QED) is 0.423. The number of hydrogen-bond acceptors (Lipinski definition) is 3. The van der Waals surface area contributed by atoms with Crippen LogP contribution in [0.25, 0.3) is 0 Å². The van der Waals surface area contributed by atoms with Gasteiger partial charge in [-0.1, -0.05) is 23.7 Å². The maximum atomic E-state index is 6.44. The number of hydrogen-bond donors (Lipinski definition) is 0. The van der Waals surface area contributed by atoms with Gasteiger partial charge < -0.3 is 9.64 Å². The topological polar surface area (TPSA) is 37.2 Å². The molecule has 2 rings (SSSR count). The van der Waals surface area contributed by atoms with E-state index in [2.05, 4.69) is 32.8 Å². The van der Waals surface area contributed by atoms with E-state index in [9.17, 15) is 0 Å². The summed E-state index contributed by atoms with van der Waals surface area (Å²) in [5.41, 5.74) is 3.60. The highest BCUT2D eigenvalue weighted by Gasteiger charge is 2.12. The second kappa shape index (κ2) is 9.74. The average Bonchev–Trinajstić information content (AvgIpc) is 2.64. The Bertz CT molecular complexity index is 821. The number of aryl methyl sites for hydroxylation is 1. The van der Waals surface area contributed by atoms with Gasteiger partial charge >= 0.3 is 0 Å². The third kappa shape index (κ3) is 5.32. The Morgan fingerprint density at radius 1 is 1.31 bits per heavy atom. The molecule has 0 bridgehead atoms. The minimum Gasteiger partial charge on any atom is -0.486 e. The minimum absolute atomic E-state index is 0.359. The van der Waals surface area contributed by atoms with Crippen molar-refractivity contribution in [2.45, 2.75) is 13.8 Å². The van der Waals surface area contributed by atoms with E-state index in [4.69, 9.17) is 16.3 Å². The highest BCUT2D eigenvalue weighted by Crippen LogP contribution is 2.29. The summed E-state index contributed by atoms with van der Waals surface area (Å²) in [5.74, 6) is 0.779. The van der Waals surface area contributed by atoms with E-state index in [1.165, 1.54) is 0 Å². The van der Waals surface area contributed by atoms with E-state index >= 15 is 0 Å². The van der Waals surface area contributed by atoms with E-state index in [1.807, 2.05) is 55.3 Å². The average molecular weight is 437 g/mol. The summed E-state index contributed by atoms with van der Waals surface area (Å²) in [4.78, 5) is 10.8. The van der Waals surface area contributed by atoms with Crippen molar-refractivity contribution in [3.8, 4) is 5.75 Å². The van der Waals surface area contributed by atoms with Crippen LogP contribution in [0.3, 0.4) is 0 Å². The molecule has 2 aromatic rings. The van der Waals surface area contributed by atoms with Crippen LogP contribution in [0.4, 0.5) is 5.69 Å². The summed E-state index contributed by atoms with van der Waals surface area (Å²) in [7, 11) is 3.73. The van der Waals surface area contributed by atoms with E-state index in [-0.39, 0.29) is 0 Å². The number of nitrogens with zero attached hydrogens (tertiary/aromatic N) is 3. The van der Waals surface area contributed by atoms with Crippen LogP contribution in [0.5, 0.6) is 5.75 Å². The van der Waals surface area contributed by atoms with E-state index in [0.29, 0.717) is 11.6 Å². The van der Waals surface area contributed by atoms with Crippen LogP contribution in [-0.2, 0) is 0 Å². The molecule has 0 aliphatic rings. The molecule has 0 atom stereocenters. The third-order valence-corrected chi connectivity index (χ3v) is 4.93. The molecule has 0 unspecified atom stereocenters. The van der Waals surface area contributed by atoms with Crippen LogP contribution in [0.15, 0.2) is 50.9 Å². The van der Waals surface area contributed by atoms with E-state index < -0.39 is 0 Å². The number of benzene rings is 2. The fraction of sp³-hybridized carbons (Fsp3) is 0.300. The predicted octanol–water partition coefficient (Wildman–Crippen LogP) is 5.52. The smallest absolute Gasteiger partial charge is 0.134 e. The van der Waals surface area contributed by atoms with E-state index in [1.54, 1.807) is 13.4 Å². The van der Waals surface area contributed by atoms with Gasteiger partial charge in [-0.3, -0.25) is 4.99 Å². The van der Waals surface area contributed by atoms with Crippen molar-refractivity contribution in [3.05, 3.63) is 57.0 Å². The van der Waals surface area contributed by atoms with Gasteiger partial charge in [-0.05, 0) is 59.6 Å². The molecule has 0 fully saturated rings. The SMILES string of the molecule is CCN(C)/C=N\c1cc(C)c(/C(COc2ccccc2Br)=N/C)cc1Cl. The predicted molar refractivity (Wildman–Crippen MR) is 115 cm³/mol. The van der Waals surface area contributed by atoms with Gasteiger partial charge in [0.1, 0.15) is 12.4 Å². The molecule has 0 spiro atoms. The Morgan fingerprint density at radius 2 is 2.04 bits per heavy atom. The van der Waals surface area contributed by atoms with Crippen molar-refractivity contribution in [2.24, 2.45) is 9.98 Å². The van der Waals surface area contributed by atoms with Crippen molar-refractivity contribution in [2.75, 3.05) is 27.2 Å². The van der Waals surface area contributed by atoms with Crippen molar-refractivity contribution < 1.29 is 4.74 Å². The number of rotatable bonds is 7. The molecular formula is C20H23BrClN3O. The molecule has 4 nitrogen and oxygen atoms in total. The van der Waals surface area contributed by atoms with Gasteiger partial charge in [0.05, 0.1) is 27.2 Å². The lowest BCUT2D eigenvalue weighted by atomic mass is 10.0. The lowest BCUT2D eigenvalue weighted by molar-refractivity contribution is 0.374. The van der Waals surface area contributed by atoms with Crippen LogP contribution in [0, 0.1) is 6.92 Å². The first kappa shape index (κ1) is 20.5. The summed E-state index contributed by atoms with van der Waals surface area (Å²) in [6, 6.07) is 11.6. The molecular weight excluding hydrogens is 414 g/mol. The summed E-state index contributed by atoms with van der Waals surface area (Å²) in [6.07, 6.45) is 1.78. The fourth-order valence-corrected chi connectivity index (χ4v) is 2.90. The molecule has 138 valence electrons. The van der Waals surface area contributed by atoms with Crippen molar-refractivity contribution >= 4 is 45.3 Å². The molecule has 0 saturated heterocycles. The van der Waals surface area contributed by atoms with Crippen molar-refractivity contribution in [3.63, 3.8) is 0 Å². The first-order valence-corrected chi connectivity index (χ1v) is 9.51. The molecule has 0 radical (unpaired) electrons. The Kier molecular flexibility index (Phi) is 7.66. The van der Waals surface area contributed by atoms with Gasteiger partial charge in [-0.2, -0.15) is 0 Å². The van der Waals surface area contributed by atoms with Crippen molar-refractivity contribution in [1.29, 1.82) is 0 Å². The van der Waals surface area contributed by atoms with Gasteiger partial charge in [0.15, 0.2) is 0 Å². The lowest BCUT2D eigenvalue weighted by Gasteiger charge is -2.14. The number of ether oxygens (including phenoxy) is 1. The normalized spacial score (nSPS) is 11.8. The largest absolute Gasteiger partial charge is 0.486 e. The molecule has 26 heavy (non-hydrogen) atoms. The van der Waals surface area contributed by atoms with Gasteiger partial charge in [-0.15, -0.1) is 0 Å². The first-order valence-electron chi connectivity index (χ1n) is 8.34. The number of para-hydroxylation sites is 1. The van der Waals surface area contributed by atoms with Gasteiger partial charge in [0.25, 0.3) is 0 Å². The maximum Gasteiger partial charge on any atom is 0.134 e. The molecule has 0 aromatic heterocycles. The zero-order valence-corrected chi connectivity index (χ0v) is 17.8. The first-order chi connectivity index (χ1) is 12.5. The molecule has 0 N–H and O–H groups in total. The summed E-state index contributed by atoms with van der Waals surface area (Å²) >= 11 is 9.92. The van der Waals surface area contributed by atoms with Gasteiger partial charge in [-0.25, -0.2) is 4.99 Å². The Morgan fingerprint density at radius 3 is 2.69 bits per heavy atom. The molecule has 0 heterocycles. The number of aliphatic imine (C=N–C) groups is 2. The van der Waals surface area contributed by atoms with Crippen molar-refractivity contribution in [1.82, 2.24) is 4.90 Å². The van der Waals surface area contributed by atoms with Gasteiger partial charge in [0, 0.05) is 26.2 Å². The lowest BCUT2D eigenvalue weighted by Crippen LogP contribution is -2.15. The molecule has 2 aromatic carbocycles. The van der Waals surface area contributed by atoms with Gasteiger partial charge in [0.2, 0.25) is 0 Å². The summed E-state index contributed by atoms with van der Waals surface area (Å²) in [6.45, 7) is 5.34. The second-order valence-electron chi connectivity index (χ2n) is 5.83. The Balaban J connectivity index is 2.22. The highest BCUT2D eigenvalue weighted by atomic mass is 79.9. The summed E-state index contributed by atoms with van der Waals surface area (Å²) < 4.78 is 6.82. The maximum absolute atomic E-state index is 6.44. The molecule has 0 amide bonds. The van der Waals surface area contributed by atoms with Crippen LogP contribution >= 0.6 is 27.5 Å². The minimum atomic E-state index is 0.359. The molecule has 0 saturated carbocycles. The zero-order valence-electron chi connectivity index (χ0n) is 15.5. The van der Waals surface area contributed by atoms with Crippen LogP contribution in [-0.4, -0.2) is 44.2 Å². The molecule has 6 heteroatoms. The van der Waals surface area contributed by atoms with Crippen LogP contribution < -0.4 is 4.74 Å². The third-order valence-electron chi connectivity index (χ3n) is 3.97. The zero-order chi connectivity index (χ0) is 19.1.